The van der Waals surface area contributed by atoms with E-state index in [2.05, 4.69) is 162 Å². The lowest BCUT2D eigenvalue weighted by Crippen LogP contribution is -2.10. The zero-order valence-electron chi connectivity index (χ0n) is 24.6. The Balaban J connectivity index is 1.16. The molecule has 8 aromatic rings. The second kappa shape index (κ2) is 10.3. The van der Waals surface area contributed by atoms with Gasteiger partial charge in [-0.2, -0.15) is 0 Å². The largest absolute Gasteiger partial charge is 0.309 e. The van der Waals surface area contributed by atoms with Gasteiger partial charge in [0.1, 0.15) is 0 Å². The minimum Gasteiger partial charge on any atom is -0.309 e. The Morgan fingerprint density at radius 1 is 0.378 bits per heavy atom. The van der Waals surface area contributed by atoms with Crippen molar-refractivity contribution in [2.75, 3.05) is 4.90 Å². The second-order valence-corrected chi connectivity index (χ2v) is 11.6. The van der Waals surface area contributed by atoms with Crippen molar-refractivity contribution in [2.24, 2.45) is 0 Å². The van der Waals surface area contributed by atoms with Gasteiger partial charge in [-0.1, -0.05) is 121 Å². The molecule has 0 unspecified atom stereocenters. The molecule has 210 valence electrons. The third-order valence-corrected chi connectivity index (χ3v) is 9.09. The van der Waals surface area contributed by atoms with E-state index in [1.165, 1.54) is 66.1 Å². The lowest BCUT2D eigenvalue weighted by molar-refractivity contribution is 1.23. The molecule has 0 radical (unpaired) electrons. The molecule has 0 aliphatic heterocycles. The molecule has 0 N–H and O–H groups in total. The summed E-state index contributed by atoms with van der Waals surface area (Å²) >= 11 is 0. The summed E-state index contributed by atoms with van der Waals surface area (Å²) < 4.78 is 0. The molecule has 1 aromatic heterocycles. The summed E-state index contributed by atoms with van der Waals surface area (Å²) in [5, 5.41) is 5.14. The fourth-order valence-corrected chi connectivity index (χ4v) is 7.07. The van der Waals surface area contributed by atoms with E-state index in [0.29, 0.717) is 0 Å². The van der Waals surface area contributed by atoms with E-state index in [0.717, 1.165) is 17.1 Å². The van der Waals surface area contributed by atoms with Crippen LogP contribution in [-0.4, -0.2) is 4.98 Å². The fraction of sp³-hybridized carbons (Fsp3) is 0. The summed E-state index contributed by atoms with van der Waals surface area (Å²) in [4.78, 5) is 6.77. The molecule has 2 heteroatoms. The van der Waals surface area contributed by atoms with E-state index >= 15 is 0 Å². The van der Waals surface area contributed by atoms with Gasteiger partial charge in [-0.3, -0.25) is 4.98 Å². The molecule has 7 aromatic carbocycles. The molecule has 0 atom stereocenters. The van der Waals surface area contributed by atoms with Crippen LogP contribution in [0.15, 0.2) is 170 Å². The lowest BCUT2D eigenvalue weighted by atomic mass is 9.94. The Morgan fingerprint density at radius 3 is 1.84 bits per heavy atom. The van der Waals surface area contributed by atoms with Crippen LogP contribution >= 0.6 is 0 Å². The van der Waals surface area contributed by atoms with Crippen molar-refractivity contribution < 1.29 is 0 Å². The van der Waals surface area contributed by atoms with Crippen molar-refractivity contribution in [2.45, 2.75) is 0 Å². The normalized spacial score (nSPS) is 11.6. The Hall–Kier alpha value is -5.99. The average molecular weight is 573 g/mol. The number of hydrogen-bond acceptors (Lipinski definition) is 2. The lowest BCUT2D eigenvalue weighted by Gasteiger charge is -2.26. The number of nitrogens with zero attached hydrogens (tertiary/aromatic N) is 2. The third-order valence-electron chi connectivity index (χ3n) is 9.09. The first kappa shape index (κ1) is 25.5. The molecular formula is C43H28N2. The summed E-state index contributed by atoms with van der Waals surface area (Å²) in [7, 11) is 0. The first-order valence-electron chi connectivity index (χ1n) is 15.4. The van der Waals surface area contributed by atoms with E-state index in [-0.39, 0.29) is 0 Å². The maximum Gasteiger partial charge on any atom is 0.0644 e. The average Bonchev–Trinajstić information content (AvgIpc) is 3.44. The molecule has 1 aliphatic carbocycles. The molecule has 1 aliphatic rings. The Labute approximate surface area is 262 Å². The van der Waals surface area contributed by atoms with Crippen LogP contribution in [0.2, 0.25) is 0 Å². The van der Waals surface area contributed by atoms with E-state index in [1.807, 2.05) is 18.5 Å². The second-order valence-electron chi connectivity index (χ2n) is 11.6. The van der Waals surface area contributed by atoms with E-state index in [9.17, 15) is 0 Å². The quantitative estimate of drug-likeness (QED) is 0.204. The topological polar surface area (TPSA) is 16.1 Å². The maximum atomic E-state index is 4.48. The van der Waals surface area contributed by atoms with Crippen LogP contribution in [0, 0.1) is 0 Å². The number of aromatic nitrogens is 1. The number of anilines is 3. The molecule has 0 spiro atoms. The zero-order chi connectivity index (χ0) is 29.7. The highest BCUT2D eigenvalue weighted by molar-refractivity contribution is 6.18. The predicted octanol–water partition coefficient (Wildman–Crippen LogP) is 11.8. The molecule has 0 saturated carbocycles. The minimum absolute atomic E-state index is 1.02. The van der Waals surface area contributed by atoms with E-state index < -0.39 is 0 Å². The van der Waals surface area contributed by atoms with Crippen molar-refractivity contribution in [3.63, 3.8) is 0 Å². The Kier molecular flexibility index (Phi) is 5.85. The van der Waals surface area contributed by atoms with Gasteiger partial charge < -0.3 is 4.90 Å². The van der Waals surface area contributed by atoms with Gasteiger partial charge >= 0.3 is 0 Å². The number of fused-ring (bicyclic) bond motifs is 4. The van der Waals surface area contributed by atoms with Crippen molar-refractivity contribution in [3.05, 3.63) is 170 Å². The molecule has 2 nitrogen and oxygen atoms in total. The van der Waals surface area contributed by atoms with Crippen LogP contribution in [0.5, 0.6) is 0 Å². The molecule has 0 saturated heterocycles. The maximum absolute atomic E-state index is 4.48. The van der Waals surface area contributed by atoms with Gasteiger partial charge in [-0.15, -0.1) is 0 Å². The minimum atomic E-state index is 1.02. The summed E-state index contributed by atoms with van der Waals surface area (Å²) in [6.45, 7) is 0. The summed E-state index contributed by atoms with van der Waals surface area (Å²) in [5.41, 5.74) is 13.3. The van der Waals surface area contributed by atoms with Crippen LogP contribution in [0.1, 0.15) is 0 Å². The highest BCUT2D eigenvalue weighted by Gasteiger charge is 2.22. The van der Waals surface area contributed by atoms with Gasteiger partial charge in [0.2, 0.25) is 0 Å². The predicted molar refractivity (Wildman–Crippen MR) is 189 cm³/mol. The molecular weight excluding hydrogens is 544 g/mol. The van der Waals surface area contributed by atoms with Crippen LogP contribution in [0.4, 0.5) is 17.1 Å². The molecule has 0 fully saturated rings. The zero-order valence-corrected chi connectivity index (χ0v) is 24.6. The highest BCUT2D eigenvalue weighted by Crippen LogP contribution is 2.49. The van der Waals surface area contributed by atoms with Gasteiger partial charge in [0.05, 0.1) is 11.9 Å². The smallest absolute Gasteiger partial charge is 0.0644 e. The van der Waals surface area contributed by atoms with Crippen molar-refractivity contribution in [1.29, 1.82) is 0 Å². The standard InChI is InChI=1S/C43H28N2/c1-2-14-35-29(9-1)10-6-17-36(35)30-20-22-32(23-21-30)45(34-13-8-26-44-28-34)33-12-5-11-31(27-33)37-24-25-42-39-16-4-3-15-38(39)41-19-7-18-40(37)43(41)42/h1-28H. The van der Waals surface area contributed by atoms with Crippen molar-refractivity contribution in [3.8, 4) is 44.5 Å². The van der Waals surface area contributed by atoms with Gasteiger partial charge in [0, 0.05) is 17.6 Å². The first-order chi connectivity index (χ1) is 22.3. The number of benzene rings is 7. The van der Waals surface area contributed by atoms with Gasteiger partial charge in [0.25, 0.3) is 0 Å². The van der Waals surface area contributed by atoms with Gasteiger partial charge in [-0.05, 0) is 102 Å². The molecule has 45 heavy (non-hydrogen) atoms. The highest BCUT2D eigenvalue weighted by atomic mass is 15.1. The first-order valence-corrected chi connectivity index (χ1v) is 15.4. The van der Waals surface area contributed by atoms with Crippen LogP contribution in [0.3, 0.4) is 0 Å². The van der Waals surface area contributed by atoms with Crippen LogP contribution in [-0.2, 0) is 0 Å². The summed E-state index contributed by atoms with van der Waals surface area (Å²) in [6, 6.07) is 57.0. The fourth-order valence-electron chi connectivity index (χ4n) is 7.07. The summed E-state index contributed by atoms with van der Waals surface area (Å²) in [5.74, 6) is 0. The molecule has 9 rings (SSSR count). The molecule has 0 bridgehead atoms. The van der Waals surface area contributed by atoms with E-state index in [4.69, 9.17) is 0 Å². The third kappa shape index (κ3) is 4.15. The van der Waals surface area contributed by atoms with Gasteiger partial charge in [0.15, 0.2) is 0 Å². The van der Waals surface area contributed by atoms with Crippen molar-refractivity contribution >= 4 is 38.6 Å². The van der Waals surface area contributed by atoms with Crippen LogP contribution < -0.4 is 4.90 Å². The van der Waals surface area contributed by atoms with Crippen molar-refractivity contribution in [1.82, 2.24) is 4.98 Å². The van der Waals surface area contributed by atoms with E-state index in [1.54, 1.807) is 0 Å². The Bertz CT molecular complexity index is 2340. The van der Waals surface area contributed by atoms with Crippen LogP contribution in [0.25, 0.3) is 66.1 Å². The summed E-state index contributed by atoms with van der Waals surface area (Å²) in [6.07, 6.45) is 3.76. The SMILES string of the molecule is c1cncc(N(c2ccc(-c3cccc4ccccc34)cc2)c2cccc(-c3ccc4c5c(cccc35)-c3ccccc3-4)c2)c1. The van der Waals surface area contributed by atoms with Gasteiger partial charge in [-0.25, -0.2) is 0 Å². The Morgan fingerprint density at radius 2 is 1.00 bits per heavy atom. The number of pyridine rings is 1. The molecule has 0 amide bonds. The number of hydrogen-bond donors (Lipinski definition) is 0. The molecule has 1 heterocycles. The monoisotopic (exact) mass is 572 g/mol. The number of rotatable bonds is 5.